The van der Waals surface area contributed by atoms with Crippen LogP contribution < -0.4 is 4.52 Å². The Morgan fingerprint density at radius 2 is 1.46 bits per heavy atom. The zero-order valence-electron chi connectivity index (χ0n) is 19.7. The molecule has 1 aromatic carbocycles. The lowest BCUT2D eigenvalue weighted by atomic mass is 9.77. The van der Waals surface area contributed by atoms with Crippen molar-refractivity contribution in [3.63, 3.8) is 0 Å². The third kappa shape index (κ3) is 5.94. The van der Waals surface area contributed by atoms with Crippen molar-refractivity contribution in [2.75, 3.05) is 13.2 Å². The zero-order chi connectivity index (χ0) is 21.3. The minimum absolute atomic E-state index is 0.0224. The summed E-state index contributed by atoms with van der Waals surface area (Å²) in [5.74, 6) is 1.58. The van der Waals surface area contributed by atoms with Gasteiger partial charge in [-0.3, -0.25) is 0 Å². The van der Waals surface area contributed by atoms with Gasteiger partial charge in [0.25, 0.3) is 0 Å². The van der Waals surface area contributed by atoms with Crippen molar-refractivity contribution in [1.82, 2.24) is 0 Å². The summed E-state index contributed by atoms with van der Waals surface area (Å²) in [5, 5.41) is 0. The van der Waals surface area contributed by atoms with Crippen LogP contribution in [0.4, 0.5) is 0 Å². The van der Waals surface area contributed by atoms with E-state index in [1.165, 1.54) is 16.7 Å². The normalized spacial score (nSPS) is 23.9. The van der Waals surface area contributed by atoms with Gasteiger partial charge in [-0.15, -0.1) is 0 Å². The minimum atomic E-state index is -1.37. The van der Waals surface area contributed by atoms with Gasteiger partial charge in [-0.1, -0.05) is 81.4 Å². The summed E-state index contributed by atoms with van der Waals surface area (Å²) in [6, 6.07) is 4.67. The molecule has 1 aliphatic heterocycles. The molecule has 1 aliphatic rings. The summed E-state index contributed by atoms with van der Waals surface area (Å²) >= 11 is 0. The Morgan fingerprint density at radius 3 is 1.82 bits per heavy atom. The van der Waals surface area contributed by atoms with Gasteiger partial charge in [-0.05, 0) is 35.2 Å². The van der Waals surface area contributed by atoms with E-state index in [1.807, 2.05) is 0 Å². The lowest BCUT2D eigenvalue weighted by Gasteiger charge is -2.37. The Kier molecular flexibility index (Phi) is 7.28. The van der Waals surface area contributed by atoms with E-state index in [-0.39, 0.29) is 16.2 Å². The fourth-order valence-corrected chi connectivity index (χ4v) is 4.68. The first-order chi connectivity index (χ1) is 12.7. The second-order valence-electron chi connectivity index (χ2n) is 11.1. The first kappa shape index (κ1) is 23.6. The molecule has 1 aromatic rings. The molecule has 2 rings (SSSR count). The van der Waals surface area contributed by atoms with Crippen LogP contribution in [0.2, 0.25) is 0 Å². The molecule has 3 nitrogen and oxygen atoms in total. The average Bonchev–Trinajstić information content (AvgIpc) is 2.55. The lowest BCUT2D eigenvalue weighted by molar-refractivity contribution is 0.0277. The second-order valence-corrected chi connectivity index (χ2v) is 12.3. The maximum atomic E-state index is 6.49. The molecular weight excluding hydrogens is 367 g/mol. The van der Waals surface area contributed by atoms with Crippen molar-refractivity contribution < 1.29 is 13.6 Å². The van der Waals surface area contributed by atoms with Gasteiger partial charge >= 0.3 is 8.60 Å². The standard InChI is InChI=1S/C24H41O3P/c1-11-24(10)15-25-28(26-16-24)27-21-19(22(4,5)6)13-18(12-17(2)3)14-20(21)23(7,8)9/h13-14,17H,11-12,15-16H2,1-10H3. The Bertz CT molecular complexity index is 624. The highest BCUT2D eigenvalue weighted by atomic mass is 31.2. The van der Waals surface area contributed by atoms with Crippen LogP contribution in [-0.2, 0) is 26.3 Å². The van der Waals surface area contributed by atoms with Crippen LogP contribution in [0.15, 0.2) is 12.1 Å². The third-order valence-corrected chi connectivity index (χ3v) is 6.48. The summed E-state index contributed by atoms with van der Waals surface area (Å²) < 4.78 is 18.6. The molecule has 0 amide bonds. The van der Waals surface area contributed by atoms with Crippen molar-refractivity contribution in [1.29, 1.82) is 0 Å². The highest BCUT2D eigenvalue weighted by molar-refractivity contribution is 7.42. The van der Waals surface area contributed by atoms with Crippen LogP contribution in [0.5, 0.6) is 5.75 Å². The summed E-state index contributed by atoms with van der Waals surface area (Å²) in [4.78, 5) is 0. The molecule has 0 N–H and O–H groups in total. The molecular formula is C24H41O3P. The van der Waals surface area contributed by atoms with E-state index in [4.69, 9.17) is 13.6 Å². The SMILES string of the molecule is CCC1(C)COP(Oc2c(C(C)(C)C)cc(CC(C)C)cc2C(C)(C)C)OC1. The van der Waals surface area contributed by atoms with E-state index in [9.17, 15) is 0 Å². The first-order valence-electron chi connectivity index (χ1n) is 10.7. The number of hydrogen-bond acceptors (Lipinski definition) is 3. The molecule has 28 heavy (non-hydrogen) atoms. The summed E-state index contributed by atoms with van der Waals surface area (Å²) in [5.41, 5.74) is 3.91. The highest BCUT2D eigenvalue weighted by Crippen LogP contribution is 2.52. The Labute approximate surface area is 174 Å². The average molecular weight is 409 g/mol. The van der Waals surface area contributed by atoms with Gasteiger partial charge in [0.05, 0.1) is 13.2 Å². The Morgan fingerprint density at radius 1 is 1.00 bits per heavy atom. The molecule has 1 saturated heterocycles. The Balaban J connectivity index is 2.46. The molecule has 0 aliphatic carbocycles. The van der Waals surface area contributed by atoms with E-state index in [0.29, 0.717) is 19.1 Å². The van der Waals surface area contributed by atoms with Gasteiger partial charge in [0.2, 0.25) is 0 Å². The molecule has 1 heterocycles. The molecule has 0 saturated carbocycles. The van der Waals surface area contributed by atoms with Crippen molar-refractivity contribution in [3.8, 4) is 5.75 Å². The van der Waals surface area contributed by atoms with Crippen LogP contribution in [0.1, 0.15) is 92.3 Å². The van der Waals surface area contributed by atoms with Gasteiger partial charge in [0.15, 0.2) is 0 Å². The fourth-order valence-electron chi connectivity index (χ4n) is 3.32. The number of rotatable bonds is 5. The Hall–Kier alpha value is -0.630. The summed E-state index contributed by atoms with van der Waals surface area (Å²) in [6.07, 6.45) is 2.11. The van der Waals surface area contributed by atoms with E-state index in [0.717, 1.165) is 18.6 Å². The highest BCUT2D eigenvalue weighted by Gasteiger charge is 2.36. The molecule has 0 aromatic heterocycles. The molecule has 4 heteroatoms. The van der Waals surface area contributed by atoms with E-state index < -0.39 is 8.60 Å². The quantitative estimate of drug-likeness (QED) is 0.471. The van der Waals surface area contributed by atoms with Gasteiger partial charge in [0.1, 0.15) is 5.75 Å². The number of hydrogen-bond donors (Lipinski definition) is 0. The van der Waals surface area contributed by atoms with Gasteiger partial charge in [-0.25, -0.2) is 0 Å². The van der Waals surface area contributed by atoms with Crippen molar-refractivity contribution >= 4 is 8.60 Å². The smallest absolute Gasteiger partial charge is 0.397 e. The summed E-state index contributed by atoms with van der Waals surface area (Å²) in [6.45, 7) is 23.9. The molecule has 0 radical (unpaired) electrons. The van der Waals surface area contributed by atoms with Crippen molar-refractivity contribution in [2.45, 2.75) is 92.9 Å². The van der Waals surface area contributed by atoms with Crippen molar-refractivity contribution in [3.05, 3.63) is 28.8 Å². The molecule has 0 atom stereocenters. The van der Waals surface area contributed by atoms with Gasteiger partial charge in [-0.2, -0.15) is 0 Å². The fraction of sp³-hybridized carbons (Fsp3) is 0.750. The molecule has 0 unspecified atom stereocenters. The van der Waals surface area contributed by atoms with Crippen LogP contribution in [0, 0.1) is 11.3 Å². The zero-order valence-corrected chi connectivity index (χ0v) is 20.6. The van der Waals surface area contributed by atoms with E-state index >= 15 is 0 Å². The van der Waals surface area contributed by atoms with E-state index in [2.05, 4.69) is 81.4 Å². The monoisotopic (exact) mass is 408 g/mol. The van der Waals surface area contributed by atoms with Crippen molar-refractivity contribution in [2.24, 2.45) is 11.3 Å². The topological polar surface area (TPSA) is 27.7 Å². The molecule has 0 spiro atoms. The maximum Gasteiger partial charge on any atom is 0.397 e. The summed E-state index contributed by atoms with van der Waals surface area (Å²) in [7, 11) is -1.37. The van der Waals surface area contributed by atoms with Gasteiger partial charge < -0.3 is 13.6 Å². The van der Waals surface area contributed by atoms with Crippen LogP contribution in [0.3, 0.4) is 0 Å². The molecule has 160 valence electrons. The van der Waals surface area contributed by atoms with E-state index in [1.54, 1.807) is 0 Å². The predicted molar refractivity (Wildman–Crippen MR) is 120 cm³/mol. The molecule has 0 bridgehead atoms. The second kappa shape index (κ2) is 8.62. The van der Waals surface area contributed by atoms with Crippen LogP contribution in [0.25, 0.3) is 0 Å². The largest absolute Gasteiger partial charge is 0.426 e. The third-order valence-electron chi connectivity index (χ3n) is 5.46. The van der Waals surface area contributed by atoms with Gasteiger partial charge in [0, 0.05) is 16.5 Å². The van der Waals surface area contributed by atoms with Crippen LogP contribution >= 0.6 is 8.60 Å². The minimum Gasteiger partial charge on any atom is -0.426 e. The lowest BCUT2D eigenvalue weighted by Crippen LogP contribution is -2.32. The predicted octanol–water partition coefficient (Wildman–Crippen LogP) is 7.55. The maximum absolute atomic E-state index is 6.49. The first-order valence-corrected chi connectivity index (χ1v) is 11.8. The van der Waals surface area contributed by atoms with Crippen LogP contribution in [-0.4, -0.2) is 13.2 Å². The number of benzene rings is 1. The molecule has 1 fully saturated rings.